The normalized spacial score (nSPS) is 42.9. The quantitative estimate of drug-likeness (QED) is 0.408. The van der Waals surface area contributed by atoms with Crippen molar-refractivity contribution in [2.75, 3.05) is 6.61 Å². The Morgan fingerprint density at radius 1 is 1.03 bits per heavy atom. The Hall–Kier alpha value is -1.44. The third-order valence-electron chi connectivity index (χ3n) is 7.46. The molecule has 1 N–H and O–H groups in total. The predicted molar refractivity (Wildman–Crippen MR) is 114 cm³/mol. The topological polar surface area (TPSA) is 94.6 Å². The zero-order valence-electron chi connectivity index (χ0n) is 19.6. The molecule has 176 valence electrons. The number of carbonyl (C=O) groups excluding carboxylic acids is 2. The Balaban J connectivity index is 1.85. The SMILES string of the molecule is C=C(C(=O)OCC)[C@@H]1CC[C@@](C)(O)[C@@H]2CC[C@](C)(O2)[C@@H](OC(C)=O)CC[C@]2(C)O[C@@H]2C1. The summed E-state index contributed by atoms with van der Waals surface area (Å²) in [4.78, 5) is 24.1. The lowest BCUT2D eigenvalue weighted by Crippen LogP contribution is -2.46. The van der Waals surface area contributed by atoms with Crippen LogP contribution in [0.5, 0.6) is 0 Å². The monoisotopic (exact) mass is 438 g/mol. The lowest BCUT2D eigenvalue weighted by molar-refractivity contribution is -0.184. The summed E-state index contributed by atoms with van der Waals surface area (Å²) < 4.78 is 23.3. The molecular formula is C24H38O7. The maximum atomic E-state index is 12.4. The van der Waals surface area contributed by atoms with Crippen molar-refractivity contribution in [2.45, 2.75) is 115 Å². The average Bonchev–Trinajstić information content (AvgIpc) is 3.12. The minimum atomic E-state index is -1.08. The number of epoxide rings is 1. The first-order valence-electron chi connectivity index (χ1n) is 11.5. The molecule has 0 aromatic heterocycles. The maximum Gasteiger partial charge on any atom is 0.333 e. The molecule has 0 spiro atoms. The fourth-order valence-electron chi connectivity index (χ4n) is 5.16. The van der Waals surface area contributed by atoms with Crippen LogP contribution in [0.3, 0.4) is 0 Å². The van der Waals surface area contributed by atoms with Crippen LogP contribution in [0.15, 0.2) is 12.2 Å². The van der Waals surface area contributed by atoms with Gasteiger partial charge in [-0.3, -0.25) is 4.79 Å². The molecule has 0 aromatic carbocycles. The molecule has 3 aliphatic heterocycles. The van der Waals surface area contributed by atoms with E-state index in [2.05, 4.69) is 13.5 Å². The number of fused-ring (bicyclic) bond motifs is 3. The third kappa shape index (κ3) is 5.32. The van der Waals surface area contributed by atoms with Gasteiger partial charge in [-0.2, -0.15) is 0 Å². The van der Waals surface area contributed by atoms with Crippen LogP contribution in [-0.2, 0) is 28.5 Å². The van der Waals surface area contributed by atoms with Gasteiger partial charge in [-0.25, -0.2) is 4.79 Å². The molecule has 0 radical (unpaired) electrons. The van der Waals surface area contributed by atoms with E-state index in [1.165, 1.54) is 6.92 Å². The fraction of sp³-hybridized carbons (Fsp3) is 0.833. The number of hydrogen-bond acceptors (Lipinski definition) is 7. The van der Waals surface area contributed by atoms with E-state index in [1.54, 1.807) is 13.8 Å². The highest BCUT2D eigenvalue weighted by molar-refractivity contribution is 5.88. The molecule has 7 heteroatoms. The van der Waals surface area contributed by atoms with Crippen molar-refractivity contribution >= 4 is 11.9 Å². The van der Waals surface area contributed by atoms with E-state index in [0.717, 1.165) is 0 Å². The molecule has 3 heterocycles. The Morgan fingerprint density at radius 3 is 2.32 bits per heavy atom. The predicted octanol–water partition coefficient (Wildman–Crippen LogP) is 3.46. The molecule has 3 aliphatic rings. The van der Waals surface area contributed by atoms with E-state index >= 15 is 0 Å². The first-order chi connectivity index (χ1) is 14.4. The van der Waals surface area contributed by atoms with Gasteiger partial charge in [-0.15, -0.1) is 0 Å². The highest BCUT2D eigenvalue weighted by atomic mass is 16.6. The summed E-state index contributed by atoms with van der Waals surface area (Å²) in [7, 11) is 0. The summed E-state index contributed by atoms with van der Waals surface area (Å²) in [5, 5.41) is 11.3. The number of esters is 2. The standard InChI is InChI=1S/C24H38O7/c1-7-28-21(26)15(2)17-8-11-22(4,27)18-9-12-23(5,30-18)19(29-16(3)25)10-13-24(6)20(14-17)31-24/h17-20,27H,2,7-14H2,1,3-6H3/t17-,18+,19+,20-,22-,23+,24+/m1/s1. The van der Waals surface area contributed by atoms with Crippen LogP contribution in [-0.4, -0.2) is 58.8 Å². The second-order valence-corrected chi connectivity index (χ2v) is 10.1. The highest BCUT2D eigenvalue weighted by Crippen LogP contribution is 2.49. The molecule has 0 aliphatic carbocycles. The lowest BCUT2D eigenvalue weighted by atomic mass is 9.81. The van der Waals surface area contributed by atoms with Gasteiger partial charge >= 0.3 is 11.9 Å². The van der Waals surface area contributed by atoms with Gasteiger partial charge in [-0.1, -0.05) is 6.58 Å². The summed E-state index contributed by atoms with van der Waals surface area (Å²) in [6, 6.07) is 0. The number of carbonyl (C=O) groups is 2. The van der Waals surface area contributed by atoms with Gasteiger partial charge in [0.2, 0.25) is 0 Å². The number of hydrogen-bond donors (Lipinski definition) is 1. The van der Waals surface area contributed by atoms with Crippen molar-refractivity contribution in [3.8, 4) is 0 Å². The molecule has 0 saturated carbocycles. The number of rotatable bonds is 4. The van der Waals surface area contributed by atoms with Gasteiger partial charge in [0.1, 0.15) is 11.7 Å². The molecular weight excluding hydrogens is 400 g/mol. The Kier molecular flexibility index (Phi) is 6.90. The van der Waals surface area contributed by atoms with Gasteiger partial charge in [0.15, 0.2) is 0 Å². The second kappa shape index (κ2) is 8.83. The van der Waals surface area contributed by atoms with Crippen LogP contribution in [0, 0.1) is 5.92 Å². The van der Waals surface area contributed by atoms with Crippen molar-refractivity contribution < 1.29 is 33.6 Å². The fourth-order valence-corrected chi connectivity index (χ4v) is 5.16. The van der Waals surface area contributed by atoms with E-state index in [4.69, 9.17) is 18.9 Å². The minimum Gasteiger partial charge on any atom is -0.463 e. The van der Waals surface area contributed by atoms with Gasteiger partial charge in [0.05, 0.1) is 30.0 Å². The Labute approximate surface area is 185 Å². The largest absolute Gasteiger partial charge is 0.463 e. The maximum absolute atomic E-state index is 12.4. The summed E-state index contributed by atoms with van der Waals surface area (Å²) >= 11 is 0. The smallest absolute Gasteiger partial charge is 0.333 e. The molecule has 3 fully saturated rings. The molecule has 3 saturated heterocycles. The van der Waals surface area contributed by atoms with Crippen molar-refractivity contribution in [1.29, 1.82) is 0 Å². The summed E-state index contributed by atoms with van der Waals surface area (Å²) in [6.07, 6.45) is 3.61. The molecule has 3 rings (SSSR count). The summed E-state index contributed by atoms with van der Waals surface area (Å²) in [6.45, 7) is 13.3. The van der Waals surface area contributed by atoms with Crippen LogP contribution in [0.1, 0.15) is 79.6 Å². The lowest BCUT2D eigenvalue weighted by Gasteiger charge is -2.37. The molecule has 0 aromatic rings. The van der Waals surface area contributed by atoms with E-state index in [-0.39, 0.29) is 29.7 Å². The minimum absolute atomic E-state index is 0.0155. The average molecular weight is 439 g/mol. The van der Waals surface area contributed by atoms with Gasteiger partial charge in [-0.05, 0) is 78.6 Å². The van der Waals surface area contributed by atoms with Gasteiger partial charge in [0, 0.05) is 12.5 Å². The van der Waals surface area contributed by atoms with E-state index in [9.17, 15) is 14.7 Å². The van der Waals surface area contributed by atoms with Crippen molar-refractivity contribution in [2.24, 2.45) is 5.92 Å². The Bertz CT molecular complexity index is 717. The molecule has 0 unspecified atom stereocenters. The van der Waals surface area contributed by atoms with Crippen LogP contribution < -0.4 is 0 Å². The van der Waals surface area contributed by atoms with Crippen LogP contribution in [0.25, 0.3) is 0 Å². The number of ether oxygens (including phenoxy) is 4. The second-order valence-electron chi connectivity index (χ2n) is 10.1. The van der Waals surface area contributed by atoms with E-state index < -0.39 is 23.3 Å². The van der Waals surface area contributed by atoms with Crippen LogP contribution in [0.2, 0.25) is 0 Å². The van der Waals surface area contributed by atoms with Gasteiger partial charge < -0.3 is 24.1 Å². The Morgan fingerprint density at radius 2 is 1.68 bits per heavy atom. The first-order valence-corrected chi connectivity index (χ1v) is 11.5. The van der Waals surface area contributed by atoms with Crippen molar-refractivity contribution in [3.63, 3.8) is 0 Å². The molecule has 7 atom stereocenters. The summed E-state index contributed by atoms with van der Waals surface area (Å²) in [5.41, 5.74) is -1.63. The van der Waals surface area contributed by atoms with Crippen molar-refractivity contribution in [3.05, 3.63) is 12.2 Å². The molecule has 7 nitrogen and oxygen atoms in total. The summed E-state index contributed by atoms with van der Waals surface area (Å²) in [5.74, 6) is -0.868. The van der Waals surface area contributed by atoms with Crippen molar-refractivity contribution in [1.82, 2.24) is 0 Å². The zero-order valence-corrected chi connectivity index (χ0v) is 19.6. The highest BCUT2D eigenvalue weighted by Gasteiger charge is 2.56. The van der Waals surface area contributed by atoms with E-state index in [1.807, 2.05) is 6.92 Å². The van der Waals surface area contributed by atoms with Crippen LogP contribution in [0.4, 0.5) is 0 Å². The first kappa shape index (κ1) is 24.2. The van der Waals surface area contributed by atoms with E-state index in [0.29, 0.717) is 57.1 Å². The molecule has 2 bridgehead atoms. The number of aliphatic hydroxyl groups is 1. The molecule has 0 amide bonds. The van der Waals surface area contributed by atoms with Crippen LogP contribution >= 0.6 is 0 Å². The molecule has 31 heavy (non-hydrogen) atoms. The van der Waals surface area contributed by atoms with Gasteiger partial charge in [0.25, 0.3) is 0 Å². The third-order valence-corrected chi connectivity index (χ3v) is 7.46. The zero-order chi connectivity index (χ0) is 23.0.